The highest BCUT2D eigenvalue weighted by Crippen LogP contribution is 2.17. The summed E-state index contributed by atoms with van der Waals surface area (Å²) < 4.78 is 0. The van der Waals surface area contributed by atoms with E-state index in [1.165, 1.54) is 32.1 Å². The third-order valence-corrected chi connectivity index (χ3v) is 3.44. The fraction of sp³-hybridized carbons (Fsp3) is 0.643. The van der Waals surface area contributed by atoms with Crippen LogP contribution in [0.4, 0.5) is 0 Å². The van der Waals surface area contributed by atoms with Gasteiger partial charge in [-0.05, 0) is 25.8 Å². The Bertz CT molecular complexity index is 424. The standard InChI is InChI=1S/C14H23N5/c1-11-16-9-8-13(18-11)10-17-14(15-2)19-12-6-4-3-5-7-12/h8-9,12H,3-7,10H2,1-2H3,(H2,15,17,19). The predicted molar refractivity (Wildman–Crippen MR) is 77.0 cm³/mol. The lowest BCUT2D eigenvalue weighted by molar-refractivity contribution is 0.410. The first-order valence-corrected chi connectivity index (χ1v) is 7.03. The summed E-state index contributed by atoms with van der Waals surface area (Å²) in [7, 11) is 1.81. The molecule has 0 aliphatic heterocycles. The fourth-order valence-corrected chi connectivity index (χ4v) is 2.41. The molecular weight excluding hydrogens is 238 g/mol. The second-order valence-electron chi connectivity index (χ2n) is 5.00. The van der Waals surface area contributed by atoms with Gasteiger partial charge in [-0.25, -0.2) is 9.97 Å². The minimum atomic E-state index is 0.562. The minimum absolute atomic E-state index is 0.562. The van der Waals surface area contributed by atoms with Crippen molar-refractivity contribution in [3.05, 3.63) is 23.8 Å². The molecule has 1 fully saturated rings. The molecule has 5 nitrogen and oxygen atoms in total. The molecule has 2 N–H and O–H groups in total. The van der Waals surface area contributed by atoms with Crippen molar-refractivity contribution in [3.63, 3.8) is 0 Å². The van der Waals surface area contributed by atoms with Crippen LogP contribution < -0.4 is 10.6 Å². The van der Waals surface area contributed by atoms with Gasteiger partial charge in [0.15, 0.2) is 5.96 Å². The summed E-state index contributed by atoms with van der Waals surface area (Å²) in [6.45, 7) is 2.58. The molecule has 1 aliphatic rings. The van der Waals surface area contributed by atoms with E-state index in [-0.39, 0.29) is 0 Å². The van der Waals surface area contributed by atoms with Crippen molar-refractivity contribution >= 4 is 5.96 Å². The third-order valence-electron chi connectivity index (χ3n) is 3.44. The summed E-state index contributed by atoms with van der Waals surface area (Å²) in [6, 6.07) is 2.49. The van der Waals surface area contributed by atoms with Gasteiger partial charge in [0.05, 0.1) is 12.2 Å². The number of rotatable bonds is 3. The summed E-state index contributed by atoms with van der Waals surface area (Å²) in [5, 5.41) is 6.79. The predicted octanol–water partition coefficient (Wildman–Crippen LogP) is 1.78. The Kier molecular flexibility index (Phi) is 5.12. The summed E-state index contributed by atoms with van der Waals surface area (Å²) in [5.74, 6) is 1.66. The van der Waals surface area contributed by atoms with Crippen molar-refractivity contribution in [2.75, 3.05) is 7.05 Å². The van der Waals surface area contributed by atoms with Gasteiger partial charge in [0.1, 0.15) is 5.82 Å². The Morgan fingerprint density at radius 1 is 1.37 bits per heavy atom. The number of aryl methyl sites for hydroxylation is 1. The maximum Gasteiger partial charge on any atom is 0.191 e. The second kappa shape index (κ2) is 7.07. The smallest absolute Gasteiger partial charge is 0.191 e. The average molecular weight is 261 g/mol. The van der Waals surface area contributed by atoms with Crippen molar-refractivity contribution in [1.82, 2.24) is 20.6 Å². The Labute approximate surface area is 115 Å². The molecule has 0 spiro atoms. The lowest BCUT2D eigenvalue weighted by atomic mass is 9.96. The van der Waals surface area contributed by atoms with Crippen LogP contribution in [0.15, 0.2) is 17.3 Å². The molecule has 0 aromatic carbocycles. The van der Waals surface area contributed by atoms with Crippen LogP contribution in [0, 0.1) is 6.92 Å². The molecule has 5 heteroatoms. The van der Waals surface area contributed by atoms with E-state index in [4.69, 9.17) is 0 Å². The normalized spacial score (nSPS) is 17.3. The van der Waals surface area contributed by atoms with E-state index in [9.17, 15) is 0 Å². The van der Waals surface area contributed by atoms with Gasteiger partial charge < -0.3 is 10.6 Å². The highest BCUT2D eigenvalue weighted by molar-refractivity contribution is 5.79. The number of aliphatic imine (C=N–C) groups is 1. The van der Waals surface area contributed by atoms with Crippen molar-refractivity contribution in [2.24, 2.45) is 4.99 Å². The first kappa shape index (κ1) is 13.8. The SMILES string of the molecule is CN=C(NCc1ccnc(C)n1)NC1CCCCC1. The molecule has 1 aromatic heterocycles. The average Bonchev–Trinajstić information content (AvgIpc) is 2.44. The molecule has 0 unspecified atom stereocenters. The molecule has 1 aromatic rings. The fourth-order valence-electron chi connectivity index (χ4n) is 2.41. The van der Waals surface area contributed by atoms with E-state index in [0.717, 1.165) is 17.5 Å². The molecule has 0 bridgehead atoms. The Morgan fingerprint density at radius 2 is 2.16 bits per heavy atom. The highest BCUT2D eigenvalue weighted by Gasteiger charge is 2.14. The van der Waals surface area contributed by atoms with Crippen LogP contribution in [-0.4, -0.2) is 29.0 Å². The van der Waals surface area contributed by atoms with Crippen LogP contribution in [0.25, 0.3) is 0 Å². The Morgan fingerprint density at radius 3 is 2.84 bits per heavy atom. The number of hydrogen-bond acceptors (Lipinski definition) is 3. The number of nitrogens with one attached hydrogen (secondary N) is 2. The quantitative estimate of drug-likeness (QED) is 0.643. The summed E-state index contributed by atoms with van der Waals surface area (Å²) in [4.78, 5) is 12.7. The van der Waals surface area contributed by atoms with E-state index >= 15 is 0 Å². The molecule has 1 heterocycles. The zero-order valence-corrected chi connectivity index (χ0v) is 11.8. The molecule has 2 rings (SSSR count). The Balaban J connectivity index is 1.82. The van der Waals surface area contributed by atoms with E-state index < -0.39 is 0 Å². The largest absolute Gasteiger partial charge is 0.354 e. The van der Waals surface area contributed by atoms with Gasteiger partial charge in [-0.15, -0.1) is 0 Å². The topological polar surface area (TPSA) is 62.2 Å². The van der Waals surface area contributed by atoms with Crippen LogP contribution in [0.1, 0.15) is 43.6 Å². The molecule has 0 amide bonds. The summed E-state index contributed by atoms with van der Waals surface area (Å²) in [5.41, 5.74) is 0.985. The molecule has 1 aliphatic carbocycles. The number of aromatic nitrogens is 2. The second-order valence-corrected chi connectivity index (χ2v) is 5.00. The highest BCUT2D eigenvalue weighted by atomic mass is 15.2. The van der Waals surface area contributed by atoms with Crippen molar-refractivity contribution in [3.8, 4) is 0 Å². The van der Waals surface area contributed by atoms with E-state index in [2.05, 4.69) is 25.6 Å². The zero-order chi connectivity index (χ0) is 13.5. The van der Waals surface area contributed by atoms with Crippen LogP contribution in [0.2, 0.25) is 0 Å². The van der Waals surface area contributed by atoms with E-state index in [0.29, 0.717) is 12.6 Å². The monoisotopic (exact) mass is 261 g/mol. The maximum atomic E-state index is 4.37. The van der Waals surface area contributed by atoms with E-state index in [1.807, 2.05) is 20.0 Å². The molecule has 0 saturated heterocycles. The number of guanidine groups is 1. The van der Waals surface area contributed by atoms with Gasteiger partial charge in [-0.2, -0.15) is 0 Å². The van der Waals surface area contributed by atoms with Crippen molar-refractivity contribution < 1.29 is 0 Å². The minimum Gasteiger partial charge on any atom is -0.354 e. The third kappa shape index (κ3) is 4.50. The van der Waals surface area contributed by atoms with Gasteiger partial charge in [0.2, 0.25) is 0 Å². The van der Waals surface area contributed by atoms with Crippen LogP contribution in [0.3, 0.4) is 0 Å². The zero-order valence-electron chi connectivity index (χ0n) is 11.8. The van der Waals surface area contributed by atoms with E-state index in [1.54, 1.807) is 6.20 Å². The molecule has 0 atom stereocenters. The summed E-state index contributed by atoms with van der Waals surface area (Å²) >= 11 is 0. The van der Waals surface area contributed by atoms with Gasteiger partial charge in [0.25, 0.3) is 0 Å². The first-order valence-electron chi connectivity index (χ1n) is 7.03. The van der Waals surface area contributed by atoms with Crippen LogP contribution in [0.5, 0.6) is 0 Å². The van der Waals surface area contributed by atoms with Crippen LogP contribution >= 0.6 is 0 Å². The molecule has 0 radical (unpaired) electrons. The first-order chi connectivity index (χ1) is 9.28. The lowest BCUT2D eigenvalue weighted by Crippen LogP contribution is -2.43. The molecule has 1 saturated carbocycles. The maximum absolute atomic E-state index is 4.37. The Hall–Kier alpha value is -1.65. The number of hydrogen-bond donors (Lipinski definition) is 2. The molecule has 19 heavy (non-hydrogen) atoms. The lowest BCUT2D eigenvalue weighted by Gasteiger charge is -2.24. The summed E-state index contributed by atoms with van der Waals surface area (Å²) in [6.07, 6.45) is 8.28. The van der Waals surface area contributed by atoms with Gasteiger partial charge >= 0.3 is 0 Å². The molecule has 104 valence electrons. The number of nitrogens with zero attached hydrogens (tertiary/aromatic N) is 3. The van der Waals surface area contributed by atoms with Gasteiger partial charge in [0, 0.05) is 19.3 Å². The van der Waals surface area contributed by atoms with Crippen LogP contribution in [-0.2, 0) is 6.54 Å². The molecular formula is C14H23N5. The van der Waals surface area contributed by atoms with Gasteiger partial charge in [-0.1, -0.05) is 19.3 Å². The van der Waals surface area contributed by atoms with Gasteiger partial charge in [-0.3, -0.25) is 4.99 Å². The van der Waals surface area contributed by atoms with Crippen molar-refractivity contribution in [1.29, 1.82) is 0 Å². The van der Waals surface area contributed by atoms with Crippen molar-refractivity contribution in [2.45, 2.75) is 51.6 Å².